The second kappa shape index (κ2) is 6.46. The van der Waals surface area contributed by atoms with Crippen molar-refractivity contribution < 1.29 is 4.79 Å². The van der Waals surface area contributed by atoms with Crippen molar-refractivity contribution in [3.8, 4) is 11.4 Å². The van der Waals surface area contributed by atoms with Crippen LogP contribution < -0.4 is 5.32 Å². The van der Waals surface area contributed by atoms with Crippen LogP contribution in [0.25, 0.3) is 11.4 Å². The van der Waals surface area contributed by atoms with E-state index in [-0.39, 0.29) is 5.91 Å². The highest BCUT2D eigenvalue weighted by molar-refractivity contribution is 6.03. The number of nitrogens with one attached hydrogen (secondary N) is 1. The fraction of sp³-hybridized carbons (Fsp3) is 0.353. The molecule has 25 heavy (non-hydrogen) atoms. The summed E-state index contributed by atoms with van der Waals surface area (Å²) in [6, 6.07) is 7.33. The molecule has 1 N–H and O–H groups in total. The Bertz CT molecular complexity index is 894. The molecule has 0 unspecified atom stereocenters. The van der Waals surface area contributed by atoms with Crippen LogP contribution in [0.1, 0.15) is 35.9 Å². The lowest BCUT2D eigenvalue weighted by Gasteiger charge is -2.14. The summed E-state index contributed by atoms with van der Waals surface area (Å²) in [6.45, 7) is 3.68. The van der Waals surface area contributed by atoms with Gasteiger partial charge in [0.25, 0.3) is 5.91 Å². The lowest BCUT2D eigenvalue weighted by atomic mass is 10.1. The number of hydrogen-bond acceptors (Lipinski definition) is 5. The number of fused-ring (bicyclic) bond motifs is 1. The van der Waals surface area contributed by atoms with E-state index in [1.807, 2.05) is 28.2 Å². The zero-order valence-electron chi connectivity index (χ0n) is 14.0. The second-order valence-corrected chi connectivity index (χ2v) is 6.02. The van der Waals surface area contributed by atoms with Gasteiger partial charge in [0.1, 0.15) is 12.2 Å². The second-order valence-electron chi connectivity index (χ2n) is 6.02. The molecule has 0 saturated carbocycles. The van der Waals surface area contributed by atoms with E-state index >= 15 is 0 Å². The Morgan fingerprint density at radius 1 is 1.16 bits per heavy atom. The molecule has 1 amide bonds. The first kappa shape index (κ1) is 15.5. The molecule has 3 heterocycles. The number of benzene rings is 1. The molecule has 3 aromatic rings. The van der Waals surface area contributed by atoms with E-state index in [1.165, 1.54) is 0 Å². The zero-order valence-corrected chi connectivity index (χ0v) is 14.0. The van der Waals surface area contributed by atoms with Gasteiger partial charge in [0.05, 0.1) is 0 Å². The van der Waals surface area contributed by atoms with Crippen LogP contribution in [-0.2, 0) is 19.5 Å². The van der Waals surface area contributed by atoms with Crippen LogP contribution in [0.3, 0.4) is 0 Å². The van der Waals surface area contributed by atoms with Crippen molar-refractivity contribution >= 4 is 11.9 Å². The number of aromatic nitrogens is 6. The van der Waals surface area contributed by atoms with Crippen molar-refractivity contribution in [1.82, 2.24) is 29.5 Å². The molecule has 0 bridgehead atoms. The van der Waals surface area contributed by atoms with E-state index in [4.69, 9.17) is 0 Å². The molecule has 0 aliphatic carbocycles. The molecule has 1 aliphatic rings. The van der Waals surface area contributed by atoms with Crippen molar-refractivity contribution in [2.24, 2.45) is 0 Å². The minimum Gasteiger partial charge on any atom is -0.314 e. The molecule has 8 heteroatoms. The van der Waals surface area contributed by atoms with Crippen LogP contribution in [0.15, 0.2) is 30.6 Å². The predicted molar refractivity (Wildman–Crippen MR) is 92.0 cm³/mol. The van der Waals surface area contributed by atoms with Gasteiger partial charge in [0, 0.05) is 30.6 Å². The SMILES string of the molecule is CCn1cnnc1-c1ccc(C(=O)Nc2nnc3n2CCCC3)cc1. The molecule has 4 rings (SSSR count). The monoisotopic (exact) mass is 337 g/mol. The van der Waals surface area contributed by atoms with Crippen LogP contribution in [0, 0.1) is 0 Å². The Morgan fingerprint density at radius 3 is 2.80 bits per heavy atom. The molecule has 8 nitrogen and oxygen atoms in total. The number of carbonyl (C=O) groups excluding carboxylic acids is 1. The average Bonchev–Trinajstić information content (AvgIpc) is 3.29. The maximum atomic E-state index is 12.5. The van der Waals surface area contributed by atoms with Crippen LogP contribution in [0.4, 0.5) is 5.95 Å². The minimum absolute atomic E-state index is 0.190. The fourth-order valence-electron chi connectivity index (χ4n) is 3.06. The molecular formula is C17H19N7O. The quantitative estimate of drug-likeness (QED) is 0.788. The van der Waals surface area contributed by atoms with Gasteiger partial charge >= 0.3 is 0 Å². The smallest absolute Gasteiger partial charge is 0.258 e. The van der Waals surface area contributed by atoms with E-state index in [9.17, 15) is 4.79 Å². The Balaban J connectivity index is 1.52. The summed E-state index contributed by atoms with van der Waals surface area (Å²) >= 11 is 0. The molecule has 1 aliphatic heterocycles. The van der Waals surface area contributed by atoms with E-state index in [2.05, 4.69) is 25.7 Å². The van der Waals surface area contributed by atoms with Gasteiger partial charge in [0.15, 0.2) is 5.82 Å². The van der Waals surface area contributed by atoms with Gasteiger partial charge in [-0.1, -0.05) is 12.1 Å². The summed E-state index contributed by atoms with van der Waals surface area (Å²) in [6.07, 6.45) is 4.82. The van der Waals surface area contributed by atoms with Crippen LogP contribution >= 0.6 is 0 Å². The van der Waals surface area contributed by atoms with Gasteiger partial charge in [-0.3, -0.25) is 14.7 Å². The maximum Gasteiger partial charge on any atom is 0.258 e. The molecular weight excluding hydrogens is 318 g/mol. The Hall–Kier alpha value is -3.03. The van der Waals surface area contributed by atoms with E-state index in [0.29, 0.717) is 11.5 Å². The Labute approximate surface area is 144 Å². The van der Waals surface area contributed by atoms with Crippen molar-refractivity contribution in [2.45, 2.75) is 39.3 Å². The third-order valence-electron chi connectivity index (χ3n) is 4.45. The summed E-state index contributed by atoms with van der Waals surface area (Å²) in [5.74, 6) is 2.07. The lowest BCUT2D eigenvalue weighted by Crippen LogP contribution is -2.18. The molecule has 128 valence electrons. The van der Waals surface area contributed by atoms with Crippen LogP contribution in [-0.4, -0.2) is 35.4 Å². The van der Waals surface area contributed by atoms with E-state index in [1.54, 1.807) is 18.5 Å². The number of amides is 1. The molecule has 0 saturated heterocycles. The Kier molecular flexibility index (Phi) is 4.01. The van der Waals surface area contributed by atoms with Gasteiger partial charge in [0.2, 0.25) is 5.95 Å². The highest BCUT2D eigenvalue weighted by atomic mass is 16.1. The van der Waals surface area contributed by atoms with Crippen LogP contribution in [0.2, 0.25) is 0 Å². The normalized spacial score (nSPS) is 13.5. The molecule has 1 aromatic carbocycles. The Morgan fingerprint density at radius 2 is 2.00 bits per heavy atom. The fourth-order valence-corrected chi connectivity index (χ4v) is 3.06. The molecule has 2 aromatic heterocycles. The summed E-state index contributed by atoms with van der Waals surface area (Å²) in [5.41, 5.74) is 1.50. The zero-order chi connectivity index (χ0) is 17.2. The van der Waals surface area contributed by atoms with Crippen LogP contribution in [0.5, 0.6) is 0 Å². The largest absolute Gasteiger partial charge is 0.314 e. The van der Waals surface area contributed by atoms with Gasteiger partial charge in [-0.2, -0.15) is 0 Å². The first-order chi connectivity index (χ1) is 12.3. The number of rotatable bonds is 4. The molecule has 0 fully saturated rings. The summed E-state index contributed by atoms with van der Waals surface area (Å²) in [4.78, 5) is 12.5. The summed E-state index contributed by atoms with van der Waals surface area (Å²) in [7, 11) is 0. The van der Waals surface area contributed by atoms with Gasteiger partial charge in [-0.25, -0.2) is 0 Å². The number of hydrogen-bond donors (Lipinski definition) is 1. The third kappa shape index (κ3) is 2.90. The van der Waals surface area contributed by atoms with Crippen molar-refractivity contribution in [3.63, 3.8) is 0 Å². The topological polar surface area (TPSA) is 90.5 Å². The summed E-state index contributed by atoms with van der Waals surface area (Å²) < 4.78 is 3.94. The highest BCUT2D eigenvalue weighted by Crippen LogP contribution is 2.20. The lowest BCUT2D eigenvalue weighted by molar-refractivity contribution is 0.102. The van der Waals surface area contributed by atoms with Gasteiger partial charge < -0.3 is 4.57 Å². The number of aryl methyl sites for hydroxylation is 2. The molecule has 0 radical (unpaired) electrons. The number of carbonyl (C=O) groups is 1. The number of nitrogens with zero attached hydrogens (tertiary/aromatic N) is 6. The first-order valence-corrected chi connectivity index (χ1v) is 8.48. The predicted octanol–water partition coefficient (Wildman–Crippen LogP) is 2.15. The van der Waals surface area contributed by atoms with E-state index < -0.39 is 0 Å². The summed E-state index contributed by atoms with van der Waals surface area (Å²) in [5, 5.41) is 19.2. The van der Waals surface area contributed by atoms with Gasteiger partial charge in [-0.15, -0.1) is 20.4 Å². The van der Waals surface area contributed by atoms with Crippen molar-refractivity contribution in [2.75, 3.05) is 5.32 Å². The molecule has 0 atom stereocenters. The average molecular weight is 337 g/mol. The van der Waals surface area contributed by atoms with E-state index in [0.717, 1.165) is 49.6 Å². The standard InChI is InChI=1S/C17H19N7O/c1-2-23-11-18-21-15(23)12-6-8-13(9-7-12)16(25)19-17-22-20-14-5-3-4-10-24(14)17/h6-9,11H,2-5,10H2,1H3,(H,19,22,25). The maximum absolute atomic E-state index is 12.5. The highest BCUT2D eigenvalue weighted by Gasteiger charge is 2.18. The van der Waals surface area contributed by atoms with Crippen molar-refractivity contribution in [1.29, 1.82) is 0 Å². The number of anilines is 1. The third-order valence-corrected chi connectivity index (χ3v) is 4.45. The van der Waals surface area contributed by atoms with Crippen molar-refractivity contribution in [3.05, 3.63) is 42.0 Å². The molecule has 0 spiro atoms. The first-order valence-electron chi connectivity index (χ1n) is 8.48. The van der Waals surface area contributed by atoms with Gasteiger partial charge in [-0.05, 0) is 31.9 Å². The minimum atomic E-state index is -0.190.